The molecule has 0 spiro atoms. The van der Waals surface area contributed by atoms with E-state index in [1.54, 1.807) is 27.4 Å². The second-order valence-corrected chi connectivity index (χ2v) is 3.72. The zero-order chi connectivity index (χ0) is 12.7. The summed E-state index contributed by atoms with van der Waals surface area (Å²) < 4.78 is 15.2. The molecule has 1 aromatic rings. The molecular formula is C11H19N3O3. The summed E-state index contributed by atoms with van der Waals surface area (Å²) in [6.07, 6.45) is 0. The van der Waals surface area contributed by atoms with E-state index in [9.17, 15) is 0 Å². The lowest BCUT2D eigenvalue weighted by atomic mass is 10.2. The van der Waals surface area contributed by atoms with Crippen LogP contribution in [-0.4, -0.2) is 44.4 Å². The summed E-state index contributed by atoms with van der Waals surface area (Å²) in [5.74, 6) is 1.81. The maximum Gasteiger partial charge on any atom is 0.229 e. The van der Waals surface area contributed by atoms with Gasteiger partial charge < -0.3 is 19.5 Å². The number of nitrogens with zero attached hydrogens (tertiary/aromatic N) is 2. The fraction of sp³-hybridized carbons (Fsp3) is 0.636. The first kappa shape index (κ1) is 13.5. The van der Waals surface area contributed by atoms with Crippen molar-refractivity contribution in [2.24, 2.45) is 5.92 Å². The van der Waals surface area contributed by atoms with Crippen molar-refractivity contribution in [3.05, 3.63) is 6.07 Å². The summed E-state index contributed by atoms with van der Waals surface area (Å²) in [6, 6.07) is 1.63. The van der Waals surface area contributed by atoms with Crippen molar-refractivity contribution in [1.29, 1.82) is 0 Å². The number of anilines is 1. The van der Waals surface area contributed by atoms with Gasteiger partial charge in [0, 0.05) is 13.7 Å². The summed E-state index contributed by atoms with van der Waals surface area (Å²) in [4.78, 5) is 8.33. The molecule has 0 saturated carbocycles. The first-order valence-electron chi connectivity index (χ1n) is 5.39. The number of nitrogens with one attached hydrogen (secondary N) is 1. The summed E-state index contributed by atoms with van der Waals surface area (Å²) in [5.41, 5.74) is 0. The van der Waals surface area contributed by atoms with Crippen LogP contribution in [-0.2, 0) is 4.74 Å². The van der Waals surface area contributed by atoms with Crippen LogP contribution in [0.4, 0.5) is 5.95 Å². The van der Waals surface area contributed by atoms with E-state index in [1.165, 1.54) is 0 Å². The van der Waals surface area contributed by atoms with E-state index < -0.39 is 0 Å². The quantitative estimate of drug-likeness (QED) is 0.773. The zero-order valence-electron chi connectivity index (χ0n) is 10.7. The van der Waals surface area contributed by atoms with Crippen LogP contribution in [0.15, 0.2) is 6.07 Å². The Balaban J connectivity index is 2.63. The molecule has 0 aromatic carbocycles. The molecule has 1 N–H and O–H groups in total. The minimum absolute atomic E-state index is 0.376. The smallest absolute Gasteiger partial charge is 0.229 e. The van der Waals surface area contributed by atoms with E-state index in [0.717, 1.165) is 6.54 Å². The maximum atomic E-state index is 5.06. The van der Waals surface area contributed by atoms with Gasteiger partial charge in [-0.05, 0) is 5.92 Å². The van der Waals surface area contributed by atoms with Gasteiger partial charge in [0.25, 0.3) is 0 Å². The number of rotatable bonds is 7. The topological polar surface area (TPSA) is 65.5 Å². The van der Waals surface area contributed by atoms with Crippen LogP contribution in [0.1, 0.15) is 6.92 Å². The second-order valence-electron chi connectivity index (χ2n) is 3.72. The van der Waals surface area contributed by atoms with E-state index in [-0.39, 0.29) is 0 Å². The number of hydrogen-bond acceptors (Lipinski definition) is 6. The van der Waals surface area contributed by atoms with Gasteiger partial charge in [0.2, 0.25) is 17.7 Å². The average molecular weight is 241 g/mol. The summed E-state index contributed by atoms with van der Waals surface area (Å²) in [5, 5.41) is 3.12. The number of ether oxygens (including phenoxy) is 3. The van der Waals surface area contributed by atoms with Crippen molar-refractivity contribution in [3.63, 3.8) is 0 Å². The predicted octanol–water partition coefficient (Wildman–Crippen LogP) is 1.19. The third-order valence-corrected chi connectivity index (χ3v) is 2.16. The molecule has 1 atom stereocenters. The Labute approximate surface area is 101 Å². The van der Waals surface area contributed by atoms with E-state index in [1.807, 2.05) is 0 Å². The molecule has 1 rings (SSSR count). The summed E-state index contributed by atoms with van der Waals surface area (Å²) in [7, 11) is 4.79. The third kappa shape index (κ3) is 4.44. The van der Waals surface area contributed by atoms with Crippen molar-refractivity contribution in [1.82, 2.24) is 9.97 Å². The largest absolute Gasteiger partial charge is 0.481 e. The average Bonchev–Trinajstić information content (AvgIpc) is 2.36. The van der Waals surface area contributed by atoms with E-state index >= 15 is 0 Å². The molecule has 0 radical (unpaired) electrons. The lowest BCUT2D eigenvalue weighted by Crippen LogP contribution is -2.17. The van der Waals surface area contributed by atoms with Crippen LogP contribution in [0.5, 0.6) is 11.8 Å². The molecule has 0 aliphatic carbocycles. The Kier molecular flexibility index (Phi) is 5.48. The summed E-state index contributed by atoms with van der Waals surface area (Å²) in [6.45, 7) is 3.49. The second kappa shape index (κ2) is 6.90. The van der Waals surface area contributed by atoms with Crippen LogP contribution in [0.25, 0.3) is 0 Å². The van der Waals surface area contributed by atoms with E-state index in [4.69, 9.17) is 14.2 Å². The van der Waals surface area contributed by atoms with E-state index in [2.05, 4.69) is 22.2 Å². The molecule has 96 valence electrons. The molecule has 0 aliphatic heterocycles. The van der Waals surface area contributed by atoms with Gasteiger partial charge in [-0.1, -0.05) is 6.92 Å². The lowest BCUT2D eigenvalue weighted by molar-refractivity contribution is 0.164. The Morgan fingerprint density at radius 1 is 1.18 bits per heavy atom. The standard InChI is InChI=1S/C11H19N3O3/c1-8(7-15-2)6-12-11-13-9(16-3)5-10(14-11)17-4/h5,8H,6-7H2,1-4H3,(H,12,13,14). The fourth-order valence-electron chi connectivity index (χ4n) is 1.30. The SMILES string of the molecule is COCC(C)CNc1nc(OC)cc(OC)n1. The van der Waals surface area contributed by atoms with Crippen LogP contribution in [0.3, 0.4) is 0 Å². The van der Waals surface area contributed by atoms with Crippen molar-refractivity contribution in [2.75, 3.05) is 39.8 Å². The highest BCUT2D eigenvalue weighted by atomic mass is 16.5. The van der Waals surface area contributed by atoms with Gasteiger partial charge >= 0.3 is 0 Å². The Bertz CT molecular complexity index is 324. The van der Waals surface area contributed by atoms with Crippen LogP contribution >= 0.6 is 0 Å². The molecule has 0 saturated heterocycles. The van der Waals surface area contributed by atoms with Crippen molar-refractivity contribution < 1.29 is 14.2 Å². The molecule has 0 fully saturated rings. The minimum atomic E-state index is 0.376. The van der Waals surface area contributed by atoms with Crippen molar-refractivity contribution in [2.45, 2.75) is 6.92 Å². The van der Waals surface area contributed by atoms with Crippen LogP contribution in [0.2, 0.25) is 0 Å². The molecular weight excluding hydrogens is 222 g/mol. The molecule has 1 unspecified atom stereocenters. The summed E-state index contributed by atoms with van der Waals surface area (Å²) >= 11 is 0. The monoisotopic (exact) mass is 241 g/mol. The normalized spacial score (nSPS) is 12.0. The number of aromatic nitrogens is 2. The van der Waals surface area contributed by atoms with Gasteiger partial charge in [-0.2, -0.15) is 9.97 Å². The van der Waals surface area contributed by atoms with E-state index in [0.29, 0.717) is 30.2 Å². The fourth-order valence-corrected chi connectivity index (χ4v) is 1.30. The van der Waals surface area contributed by atoms with Gasteiger partial charge in [0.1, 0.15) is 0 Å². The van der Waals surface area contributed by atoms with Gasteiger partial charge in [-0.3, -0.25) is 0 Å². The Morgan fingerprint density at radius 3 is 2.24 bits per heavy atom. The minimum Gasteiger partial charge on any atom is -0.481 e. The molecule has 6 nitrogen and oxygen atoms in total. The van der Waals surface area contributed by atoms with Crippen LogP contribution in [0, 0.1) is 5.92 Å². The highest BCUT2D eigenvalue weighted by Gasteiger charge is 2.06. The Hall–Kier alpha value is -1.56. The highest BCUT2D eigenvalue weighted by Crippen LogP contribution is 2.17. The van der Waals surface area contributed by atoms with Crippen molar-refractivity contribution in [3.8, 4) is 11.8 Å². The van der Waals surface area contributed by atoms with Crippen molar-refractivity contribution >= 4 is 5.95 Å². The maximum absolute atomic E-state index is 5.06. The molecule has 17 heavy (non-hydrogen) atoms. The first-order chi connectivity index (χ1) is 8.19. The molecule has 6 heteroatoms. The highest BCUT2D eigenvalue weighted by molar-refractivity contribution is 5.33. The Morgan fingerprint density at radius 2 is 1.76 bits per heavy atom. The molecule has 0 amide bonds. The predicted molar refractivity (Wildman–Crippen MR) is 64.7 cm³/mol. The van der Waals surface area contributed by atoms with Gasteiger partial charge in [0.05, 0.1) is 26.9 Å². The molecule has 0 bridgehead atoms. The molecule has 0 aliphatic rings. The number of hydrogen-bond donors (Lipinski definition) is 1. The third-order valence-electron chi connectivity index (χ3n) is 2.16. The lowest BCUT2D eigenvalue weighted by Gasteiger charge is -2.12. The molecule has 1 heterocycles. The van der Waals surface area contributed by atoms with Gasteiger partial charge in [0.15, 0.2) is 0 Å². The van der Waals surface area contributed by atoms with Crippen LogP contribution < -0.4 is 14.8 Å². The van der Waals surface area contributed by atoms with Gasteiger partial charge in [-0.25, -0.2) is 0 Å². The van der Waals surface area contributed by atoms with Gasteiger partial charge in [-0.15, -0.1) is 0 Å². The number of methoxy groups -OCH3 is 3. The molecule has 1 aromatic heterocycles. The zero-order valence-corrected chi connectivity index (χ0v) is 10.7. The first-order valence-corrected chi connectivity index (χ1v) is 5.39.